The molecule has 1 aromatic heterocycles. The third kappa shape index (κ3) is 2.31. The summed E-state index contributed by atoms with van der Waals surface area (Å²) in [5.74, 6) is 0.825. The summed E-state index contributed by atoms with van der Waals surface area (Å²) in [7, 11) is 0. The molecule has 1 aromatic rings. The predicted octanol–water partition coefficient (Wildman–Crippen LogP) is 1.23. The Morgan fingerprint density at radius 1 is 1.38 bits per heavy atom. The molecule has 4 nitrogen and oxygen atoms in total. The average molecular weight is 178 g/mol. The van der Waals surface area contributed by atoms with Crippen LogP contribution in [0.5, 0.6) is 0 Å². The molecular weight excluding hydrogens is 164 g/mol. The zero-order chi connectivity index (χ0) is 8.93. The minimum absolute atomic E-state index is 0.825. The number of hydrazone groups is 1. The van der Waals surface area contributed by atoms with Gasteiger partial charge in [-0.3, -0.25) is 5.01 Å². The Morgan fingerprint density at radius 2 is 2.23 bits per heavy atom. The highest BCUT2D eigenvalue weighted by Crippen LogP contribution is 2.08. The van der Waals surface area contributed by atoms with Crippen molar-refractivity contribution in [2.75, 3.05) is 13.1 Å². The Labute approximate surface area is 77.7 Å². The number of aromatic nitrogens is 2. The highest BCUT2D eigenvalue weighted by molar-refractivity contribution is 5.73. The van der Waals surface area contributed by atoms with E-state index >= 15 is 0 Å². The number of aromatic amines is 1. The fourth-order valence-electron chi connectivity index (χ4n) is 1.48. The Kier molecular flexibility index (Phi) is 2.59. The molecule has 0 bridgehead atoms. The summed E-state index contributed by atoms with van der Waals surface area (Å²) in [6.07, 6.45) is 9.18. The van der Waals surface area contributed by atoms with Crippen LogP contribution in [0, 0.1) is 0 Å². The summed E-state index contributed by atoms with van der Waals surface area (Å²) in [6, 6.07) is 0. The first-order valence-corrected chi connectivity index (χ1v) is 4.73. The second kappa shape index (κ2) is 4.07. The largest absolute Gasteiger partial charge is 0.344 e. The van der Waals surface area contributed by atoms with Gasteiger partial charge in [-0.05, 0) is 19.3 Å². The molecule has 1 N–H and O–H groups in total. The van der Waals surface area contributed by atoms with Gasteiger partial charge in [0.05, 0.1) is 6.21 Å². The fourth-order valence-corrected chi connectivity index (χ4v) is 1.48. The van der Waals surface area contributed by atoms with E-state index in [9.17, 15) is 0 Å². The number of hydrogen-bond acceptors (Lipinski definition) is 3. The van der Waals surface area contributed by atoms with Crippen molar-refractivity contribution in [1.29, 1.82) is 0 Å². The van der Waals surface area contributed by atoms with E-state index in [0.717, 1.165) is 18.9 Å². The summed E-state index contributed by atoms with van der Waals surface area (Å²) in [4.78, 5) is 7.06. The van der Waals surface area contributed by atoms with Crippen LogP contribution >= 0.6 is 0 Å². The first kappa shape index (κ1) is 8.29. The van der Waals surface area contributed by atoms with Gasteiger partial charge in [0.15, 0.2) is 0 Å². The van der Waals surface area contributed by atoms with E-state index in [1.54, 1.807) is 18.6 Å². The minimum Gasteiger partial charge on any atom is -0.344 e. The van der Waals surface area contributed by atoms with Gasteiger partial charge in [0.25, 0.3) is 0 Å². The van der Waals surface area contributed by atoms with Crippen LogP contribution in [0.15, 0.2) is 17.5 Å². The maximum atomic E-state index is 4.34. The van der Waals surface area contributed by atoms with Crippen molar-refractivity contribution in [2.24, 2.45) is 5.10 Å². The lowest BCUT2D eigenvalue weighted by molar-refractivity contribution is 0.240. The summed E-state index contributed by atoms with van der Waals surface area (Å²) < 4.78 is 0. The average Bonchev–Trinajstić information content (AvgIpc) is 2.69. The van der Waals surface area contributed by atoms with Gasteiger partial charge in [-0.25, -0.2) is 4.98 Å². The number of nitrogens with zero attached hydrogens (tertiary/aromatic N) is 3. The van der Waals surface area contributed by atoms with Crippen LogP contribution in [0.3, 0.4) is 0 Å². The molecule has 1 saturated heterocycles. The molecule has 1 aliphatic heterocycles. The number of imidazole rings is 1. The molecule has 2 heterocycles. The normalized spacial score (nSPS) is 18.3. The number of H-pyrrole nitrogens is 1. The third-order valence-corrected chi connectivity index (χ3v) is 2.20. The molecule has 0 amide bonds. The quantitative estimate of drug-likeness (QED) is 0.692. The van der Waals surface area contributed by atoms with E-state index in [4.69, 9.17) is 0 Å². The van der Waals surface area contributed by atoms with Crippen LogP contribution in [0.4, 0.5) is 0 Å². The molecule has 70 valence electrons. The predicted molar refractivity (Wildman–Crippen MR) is 51.6 cm³/mol. The van der Waals surface area contributed by atoms with Crippen molar-refractivity contribution >= 4 is 6.21 Å². The smallest absolute Gasteiger partial charge is 0.150 e. The lowest BCUT2D eigenvalue weighted by atomic mass is 10.2. The number of hydrogen-bond donors (Lipinski definition) is 1. The lowest BCUT2D eigenvalue weighted by Crippen LogP contribution is -2.24. The first-order chi connectivity index (χ1) is 6.45. The van der Waals surface area contributed by atoms with Gasteiger partial charge in [0.2, 0.25) is 0 Å². The summed E-state index contributed by atoms with van der Waals surface area (Å²) in [6.45, 7) is 2.16. The molecule has 0 aromatic carbocycles. The van der Waals surface area contributed by atoms with Gasteiger partial charge in [0.1, 0.15) is 5.82 Å². The van der Waals surface area contributed by atoms with Crippen LogP contribution in [0.2, 0.25) is 0 Å². The zero-order valence-electron chi connectivity index (χ0n) is 7.61. The van der Waals surface area contributed by atoms with Crippen molar-refractivity contribution in [1.82, 2.24) is 15.0 Å². The van der Waals surface area contributed by atoms with Crippen LogP contribution in [0.25, 0.3) is 0 Å². The van der Waals surface area contributed by atoms with E-state index in [1.807, 2.05) is 0 Å². The van der Waals surface area contributed by atoms with E-state index in [0.29, 0.717) is 0 Å². The van der Waals surface area contributed by atoms with Gasteiger partial charge in [-0.15, -0.1) is 0 Å². The molecule has 0 unspecified atom stereocenters. The molecule has 0 aliphatic carbocycles. The van der Waals surface area contributed by atoms with Gasteiger partial charge >= 0.3 is 0 Å². The Hall–Kier alpha value is -1.32. The van der Waals surface area contributed by atoms with Crippen LogP contribution in [0.1, 0.15) is 25.1 Å². The summed E-state index contributed by atoms with van der Waals surface area (Å²) in [5.41, 5.74) is 0. The van der Waals surface area contributed by atoms with Gasteiger partial charge in [-0.2, -0.15) is 5.10 Å². The SMILES string of the molecule is C(=NN1CCCCC1)c1ncc[nH]1. The third-order valence-electron chi connectivity index (χ3n) is 2.20. The molecule has 1 aliphatic rings. The lowest BCUT2D eigenvalue weighted by Gasteiger charge is -2.22. The van der Waals surface area contributed by atoms with Crippen LogP contribution < -0.4 is 0 Å². The van der Waals surface area contributed by atoms with E-state index in [-0.39, 0.29) is 0 Å². The Balaban J connectivity index is 1.89. The van der Waals surface area contributed by atoms with Crippen molar-refractivity contribution in [3.8, 4) is 0 Å². The summed E-state index contributed by atoms with van der Waals surface area (Å²) in [5, 5.41) is 6.44. The van der Waals surface area contributed by atoms with Crippen molar-refractivity contribution in [2.45, 2.75) is 19.3 Å². The van der Waals surface area contributed by atoms with Crippen molar-refractivity contribution in [3.63, 3.8) is 0 Å². The Bertz CT molecular complexity index is 259. The highest BCUT2D eigenvalue weighted by atomic mass is 15.4. The Morgan fingerprint density at radius 3 is 2.92 bits per heavy atom. The molecular formula is C9H14N4. The second-order valence-electron chi connectivity index (χ2n) is 3.23. The fraction of sp³-hybridized carbons (Fsp3) is 0.556. The van der Waals surface area contributed by atoms with E-state index in [1.165, 1.54) is 19.3 Å². The number of nitrogens with one attached hydrogen (secondary N) is 1. The molecule has 4 heteroatoms. The van der Waals surface area contributed by atoms with Gasteiger partial charge in [-0.1, -0.05) is 0 Å². The molecule has 2 rings (SSSR count). The standard InChI is InChI=1S/C9H14N4/c1-2-6-13(7-3-1)12-8-9-10-4-5-11-9/h4-5,8H,1-3,6-7H2,(H,10,11). The topological polar surface area (TPSA) is 44.3 Å². The first-order valence-electron chi connectivity index (χ1n) is 4.73. The van der Waals surface area contributed by atoms with Crippen molar-refractivity contribution < 1.29 is 0 Å². The number of piperidine rings is 1. The highest BCUT2D eigenvalue weighted by Gasteiger charge is 2.05. The maximum Gasteiger partial charge on any atom is 0.150 e. The van der Waals surface area contributed by atoms with Crippen LogP contribution in [-0.2, 0) is 0 Å². The molecule has 0 saturated carbocycles. The molecule has 0 spiro atoms. The molecule has 1 fully saturated rings. The monoisotopic (exact) mass is 178 g/mol. The minimum atomic E-state index is 0.825. The molecule has 0 atom stereocenters. The summed E-state index contributed by atoms with van der Waals surface area (Å²) >= 11 is 0. The van der Waals surface area contributed by atoms with Gasteiger partial charge in [0, 0.05) is 25.5 Å². The molecule has 13 heavy (non-hydrogen) atoms. The molecule has 0 radical (unpaired) electrons. The maximum absolute atomic E-state index is 4.34. The van der Waals surface area contributed by atoms with E-state index < -0.39 is 0 Å². The van der Waals surface area contributed by atoms with Crippen molar-refractivity contribution in [3.05, 3.63) is 18.2 Å². The second-order valence-corrected chi connectivity index (χ2v) is 3.23. The van der Waals surface area contributed by atoms with Crippen LogP contribution in [-0.4, -0.2) is 34.3 Å². The van der Waals surface area contributed by atoms with Gasteiger partial charge < -0.3 is 4.98 Å². The number of rotatable bonds is 2. The zero-order valence-corrected chi connectivity index (χ0v) is 7.61. The van der Waals surface area contributed by atoms with E-state index in [2.05, 4.69) is 20.1 Å².